The lowest BCUT2D eigenvalue weighted by atomic mass is 10.0. The van der Waals surface area contributed by atoms with Gasteiger partial charge in [-0.05, 0) is 31.9 Å². The van der Waals surface area contributed by atoms with Gasteiger partial charge < -0.3 is 10.5 Å². The number of methoxy groups -OCH3 is 1. The fraction of sp³-hybridized carbons (Fsp3) is 0.600. The number of nitrogens with one attached hydrogen (secondary N) is 2. The normalized spacial score (nSPS) is 16.7. The molecule has 0 aromatic heterocycles. The topological polar surface area (TPSA) is 128 Å². The Labute approximate surface area is 161 Å². The zero-order chi connectivity index (χ0) is 18.7. The van der Waals surface area contributed by atoms with Gasteiger partial charge in [-0.3, -0.25) is 4.72 Å². The number of hydrogen-bond acceptors (Lipinski definition) is 6. The van der Waals surface area contributed by atoms with Crippen molar-refractivity contribution in [3.63, 3.8) is 0 Å². The first-order chi connectivity index (χ1) is 11.7. The second-order valence-electron chi connectivity index (χ2n) is 6.17. The molecule has 0 aliphatic heterocycles. The Bertz CT molecular complexity index is 822. The molecule has 1 aliphatic rings. The third-order valence-corrected chi connectivity index (χ3v) is 7.33. The minimum atomic E-state index is -3.86. The summed E-state index contributed by atoms with van der Waals surface area (Å²) in [6.45, 7) is 1.74. The molecular weight excluding hydrogens is 402 g/mol. The van der Waals surface area contributed by atoms with E-state index in [2.05, 4.69) is 9.44 Å². The highest BCUT2D eigenvalue weighted by molar-refractivity contribution is 7.92. The van der Waals surface area contributed by atoms with Crippen molar-refractivity contribution in [3.05, 3.63) is 18.2 Å². The first-order valence-electron chi connectivity index (χ1n) is 8.09. The van der Waals surface area contributed by atoms with Crippen molar-refractivity contribution in [2.75, 3.05) is 24.1 Å². The molecule has 150 valence electrons. The lowest BCUT2D eigenvalue weighted by Crippen LogP contribution is -2.51. The van der Waals surface area contributed by atoms with Gasteiger partial charge in [0.25, 0.3) is 0 Å². The predicted octanol–water partition coefficient (Wildman–Crippen LogP) is 1.43. The molecule has 0 amide bonds. The van der Waals surface area contributed by atoms with Crippen LogP contribution in [0.2, 0.25) is 0 Å². The van der Waals surface area contributed by atoms with Crippen LogP contribution in [-0.2, 0) is 20.0 Å². The zero-order valence-corrected chi connectivity index (χ0v) is 17.3. The summed E-state index contributed by atoms with van der Waals surface area (Å²) in [6, 6.07) is 4.08. The molecule has 0 saturated heterocycles. The number of ether oxygens (including phenoxy) is 1. The lowest BCUT2D eigenvalue weighted by molar-refractivity contribution is 0.389. The van der Waals surface area contributed by atoms with Crippen molar-refractivity contribution in [1.29, 1.82) is 0 Å². The number of rotatable bonds is 8. The summed E-state index contributed by atoms with van der Waals surface area (Å²) in [4.78, 5) is -0.0471. The minimum Gasteiger partial charge on any atom is -0.495 e. The van der Waals surface area contributed by atoms with Crippen LogP contribution < -0.4 is 19.9 Å². The number of benzene rings is 1. The van der Waals surface area contributed by atoms with Gasteiger partial charge in [0.15, 0.2) is 0 Å². The van der Waals surface area contributed by atoms with Crippen LogP contribution >= 0.6 is 12.4 Å². The van der Waals surface area contributed by atoms with Gasteiger partial charge in [0.1, 0.15) is 10.6 Å². The summed E-state index contributed by atoms with van der Waals surface area (Å²) in [5.41, 5.74) is 5.41. The van der Waals surface area contributed by atoms with Crippen molar-refractivity contribution < 1.29 is 21.6 Å². The molecule has 0 heterocycles. The Hall–Kier alpha value is -1.07. The van der Waals surface area contributed by atoms with Crippen molar-refractivity contribution in [1.82, 2.24) is 4.72 Å². The maximum atomic E-state index is 12.8. The SMILES string of the molecule is CCS(=O)(=O)Nc1ccc(S(=O)(=O)NC2(CN)CCCC2)c(OC)c1.Cl. The van der Waals surface area contributed by atoms with E-state index in [-0.39, 0.29) is 41.0 Å². The molecule has 0 radical (unpaired) electrons. The molecule has 8 nitrogen and oxygen atoms in total. The summed E-state index contributed by atoms with van der Waals surface area (Å²) >= 11 is 0. The van der Waals surface area contributed by atoms with Crippen LogP contribution in [0, 0.1) is 0 Å². The van der Waals surface area contributed by atoms with Crippen molar-refractivity contribution >= 4 is 38.1 Å². The van der Waals surface area contributed by atoms with E-state index in [1.807, 2.05) is 0 Å². The van der Waals surface area contributed by atoms with E-state index in [1.54, 1.807) is 0 Å². The van der Waals surface area contributed by atoms with Crippen molar-refractivity contribution in [2.45, 2.75) is 43.0 Å². The van der Waals surface area contributed by atoms with Crippen LogP contribution in [0.4, 0.5) is 5.69 Å². The Kier molecular flexibility index (Phi) is 7.73. The molecule has 4 N–H and O–H groups in total. The maximum Gasteiger partial charge on any atom is 0.244 e. The number of hydrogen-bond donors (Lipinski definition) is 3. The zero-order valence-electron chi connectivity index (χ0n) is 14.8. The summed E-state index contributed by atoms with van der Waals surface area (Å²) in [7, 11) is -5.99. The van der Waals surface area contributed by atoms with Crippen LogP contribution in [0.25, 0.3) is 0 Å². The highest BCUT2D eigenvalue weighted by Gasteiger charge is 2.37. The van der Waals surface area contributed by atoms with E-state index in [0.29, 0.717) is 12.8 Å². The highest BCUT2D eigenvalue weighted by Crippen LogP contribution is 2.33. The second-order valence-corrected chi connectivity index (χ2v) is 9.83. The number of nitrogens with two attached hydrogens (primary N) is 1. The average molecular weight is 428 g/mol. The molecule has 0 atom stereocenters. The van der Waals surface area contributed by atoms with Gasteiger partial charge in [-0.25, -0.2) is 21.6 Å². The van der Waals surface area contributed by atoms with Crippen LogP contribution in [0.1, 0.15) is 32.6 Å². The molecule has 11 heteroatoms. The molecule has 1 saturated carbocycles. The molecule has 0 bridgehead atoms. The third-order valence-electron chi connectivity index (χ3n) is 4.41. The van der Waals surface area contributed by atoms with Gasteiger partial charge >= 0.3 is 0 Å². The lowest BCUT2D eigenvalue weighted by Gasteiger charge is -2.28. The van der Waals surface area contributed by atoms with Crippen molar-refractivity contribution in [3.8, 4) is 5.75 Å². The quantitative estimate of drug-likeness (QED) is 0.575. The smallest absolute Gasteiger partial charge is 0.244 e. The molecule has 0 spiro atoms. The number of anilines is 1. The Morgan fingerprint density at radius 3 is 2.31 bits per heavy atom. The Balaban J connectivity index is 0.00000338. The molecule has 1 aliphatic carbocycles. The largest absolute Gasteiger partial charge is 0.495 e. The monoisotopic (exact) mass is 427 g/mol. The van der Waals surface area contributed by atoms with E-state index in [0.717, 1.165) is 12.8 Å². The molecule has 1 aromatic rings. The van der Waals surface area contributed by atoms with Gasteiger partial charge in [0.05, 0.1) is 18.6 Å². The van der Waals surface area contributed by atoms with Crippen molar-refractivity contribution in [2.24, 2.45) is 5.73 Å². The van der Waals surface area contributed by atoms with Crippen LogP contribution in [0.3, 0.4) is 0 Å². The van der Waals surface area contributed by atoms with Crippen LogP contribution in [0.15, 0.2) is 23.1 Å². The Morgan fingerprint density at radius 1 is 1.19 bits per heavy atom. The molecule has 1 aromatic carbocycles. The molecule has 0 unspecified atom stereocenters. The van der Waals surface area contributed by atoms with E-state index >= 15 is 0 Å². The van der Waals surface area contributed by atoms with Gasteiger partial charge in [0, 0.05) is 18.2 Å². The number of halogens is 1. The molecule has 26 heavy (non-hydrogen) atoms. The van der Waals surface area contributed by atoms with Gasteiger partial charge in [-0.1, -0.05) is 12.8 Å². The molecule has 2 rings (SSSR count). The maximum absolute atomic E-state index is 12.8. The average Bonchev–Trinajstić information content (AvgIpc) is 3.02. The summed E-state index contributed by atoms with van der Waals surface area (Å²) in [5.74, 6) is -0.0235. The fourth-order valence-corrected chi connectivity index (χ4v) is 5.20. The first-order valence-corrected chi connectivity index (χ1v) is 11.2. The summed E-state index contributed by atoms with van der Waals surface area (Å²) < 4.78 is 59.2. The van der Waals surface area contributed by atoms with Crippen LogP contribution in [0.5, 0.6) is 5.75 Å². The third kappa shape index (κ3) is 5.23. The number of sulfonamides is 2. The highest BCUT2D eigenvalue weighted by atomic mass is 35.5. The standard InChI is InChI=1S/C15H25N3O5S2.ClH/c1-3-24(19,20)17-12-6-7-14(13(10-12)23-2)25(21,22)18-15(11-16)8-4-5-9-15;/h6-7,10,17-18H,3-5,8-9,11,16H2,1-2H3;1H. The predicted molar refractivity (Wildman–Crippen MR) is 104 cm³/mol. The second kappa shape index (κ2) is 8.75. The Morgan fingerprint density at radius 2 is 1.81 bits per heavy atom. The molecule has 1 fully saturated rings. The summed E-state index contributed by atoms with van der Waals surface area (Å²) in [5, 5.41) is 0. The molecular formula is C15H26ClN3O5S2. The minimum absolute atomic E-state index is 0. The fourth-order valence-electron chi connectivity index (χ4n) is 2.94. The van der Waals surface area contributed by atoms with E-state index in [4.69, 9.17) is 10.5 Å². The first kappa shape index (κ1) is 23.0. The van der Waals surface area contributed by atoms with Gasteiger partial charge in [-0.15, -0.1) is 12.4 Å². The van der Waals surface area contributed by atoms with Gasteiger partial charge in [-0.2, -0.15) is 0 Å². The van der Waals surface area contributed by atoms with Crippen LogP contribution in [-0.4, -0.2) is 41.8 Å². The van der Waals surface area contributed by atoms with Gasteiger partial charge in [0.2, 0.25) is 20.0 Å². The van der Waals surface area contributed by atoms with E-state index < -0.39 is 25.6 Å². The summed E-state index contributed by atoms with van der Waals surface area (Å²) in [6.07, 6.45) is 3.24. The van der Waals surface area contributed by atoms with E-state index in [9.17, 15) is 16.8 Å². The van der Waals surface area contributed by atoms with E-state index in [1.165, 1.54) is 32.2 Å².